The van der Waals surface area contributed by atoms with Gasteiger partial charge in [-0.25, -0.2) is 0 Å². The van der Waals surface area contributed by atoms with E-state index in [1.807, 2.05) is 11.3 Å². The van der Waals surface area contributed by atoms with Crippen molar-refractivity contribution >= 4 is 17.0 Å². The van der Waals surface area contributed by atoms with Crippen LogP contribution in [-0.2, 0) is 12.8 Å². The lowest BCUT2D eigenvalue weighted by Crippen LogP contribution is -2.22. The molecule has 19 heavy (non-hydrogen) atoms. The quantitative estimate of drug-likeness (QED) is 0.894. The first-order chi connectivity index (χ1) is 9.30. The van der Waals surface area contributed by atoms with E-state index >= 15 is 0 Å². The Balaban J connectivity index is 1.82. The monoisotopic (exact) mass is 273 g/mol. The Morgan fingerprint density at radius 3 is 2.84 bits per heavy atom. The third-order valence-corrected chi connectivity index (χ3v) is 4.87. The van der Waals surface area contributed by atoms with Crippen molar-refractivity contribution in [2.75, 3.05) is 11.9 Å². The van der Waals surface area contributed by atoms with E-state index in [1.54, 1.807) is 0 Å². The molecule has 0 saturated carbocycles. The zero-order valence-corrected chi connectivity index (χ0v) is 12.2. The molecule has 1 aromatic heterocycles. The molecule has 1 aromatic carbocycles. The van der Waals surface area contributed by atoms with E-state index in [0.29, 0.717) is 0 Å². The van der Waals surface area contributed by atoms with E-state index in [0.717, 1.165) is 30.8 Å². The molecule has 1 aliphatic rings. The second-order valence-electron chi connectivity index (χ2n) is 4.83. The number of anilines is 1. The standard InChI is InChI=1S/C16H19NOS/c1-3-11-5-7-14-13(9-11)17-10-15(18-14)16-8-6-12(4-2)19-16/h5-9,15,17H,3-4,10H2,1-2H3. The van der Waals surface area contributed by atoms with Gasteiger partial charge in [-0.2, -0.15) is 0 Å². The summed E-state index contributed by atoms with van der Waals surface area (Å²) >= 11 is 1.86. The Morgan fingerprint density at radius 1 is 1.21 bits per heavy atom. The summed E-state index contributed by atoms with van der Waals surface area (Å²) in [5.74, 6) is 0.972. The summed E-state index contributed by atoms with van der Waals surface area (Å²) in [7, 11) is 0. The van der Waals surface area contributed by atoms with Gasteiger partial charge in [0.25, 0.3) is 0 Å². The van der Waals surface area contributed by atoms with Gasteiger partial charge in [-0.3, -0.25) is 0 Å². The van der Waals surface area contributed by atoms with Crippen LogP contribution in [0.1, 0.15) is 35.3 Å². The second kappa shape index (κ2) is 5.25. The van der Waals surface area contributed by atoms with Crippen LogP contribution in [0.5, 0.6) is 5.75 Å². The molecule has 0 aliphatic carbocycles. The molecule has 1 N–H and O–H groups in total. The fourth-order valence-electron chi connectivity index (χ4n) is 2.35. The number of rotatable bonds is 3. The smallest absolute Gasteiger partial charge is 0.150 e. The van der Waals surface area contributed by atoms with Gasteiger partial charge in [0, 0.05) is 9.75 Å². The van der Waals surface area contributed by atoms with Gasteiger partial charge in [-0.15, -0.1) is 11.3 Å². The zero-order valence-electron chi connectivity index (χ0n) is 11.4. The lowest BCUT2D eigenvalue weighted by atomic mass is 10.1. The molecule has 0 radical (unpaired) electrons. The Morgan fingerprint density at radius 2 is 2.11 bits per heavy atom. The topological polar surface area (TPSA) is 21.3 Å². The lowest BCUT2D eigenvalue weighted by molar-refractivity contribution is 0.214. The first kappa shape index (κ1) is 12.5. The van der Waals surface area contributed by atoms with Gasteiger partial charge in [0.15, 0.2) is 6.10 Å². The van der Waals surface area contributed by atoms with Crippen LogP contribution in [0.3, 0.4) is 0 Å². The molecule has 2 nitrogen and oxygen atoms in total. The molecule has 1 aliphatic heterocycles. The van der Waals surface area contributed by atoms with Crippen LogP contribution in [0, 0.1) is 0 Å². The van der Waals surface area contributed by atoms with Crippen molar-refractivity contribution in [2.24, 2.45) is 0 Å². The number of thiophene rings is 1. The van der Waals surface area contributed by atoms with Gasteiger partial charge in [-0.1, -0.05) is 19.9 Å². The lowest BCUT2D eigenvalue weighted by Gasteiger charge is -2.27. The summed E-state index contributed by atoms with van der Waals surface area (Å²) in [6.07, 6.45) is 2.30. The van der Waals surface area contributed by atoms with Gasteiger partial charge < -0.3 is 10.1 Å². The van der Waals surface area contributed by atoms with E-state index in [1.165, 1.54) is 15.3 Å². The predicted molar refractivity (Wildman–Crippen MR) is 81.4 cm³/mol. The molecule has 0 saturated heterocycles. The Labute approximate surface area is 118 Å². The molecule has 2 heterocycles. The first-order valence-electron chi connectivity index (χ1n) is 6.92. The summed E-state index contributed by atoms with van der Waals surface area (Å²) in [4.78, 5) is 2.74. The van der Waals surface area contributed by atoms with Crippen LogP contribution in [0.4, 0.5) is 5.69 Å². The third kappa shape index (κ3) is 2.47. The van der Waals surface area contributed by atoms with E-state index in [4.69, 9.17) is 4.74 Å². The normalized spacial score (nSPS) is 17.5. The van der Waals surface area contributed by atoms with Crippen molar-refractivity contribution in [3.63, 3.8) is 0 Å². The predicted octanol–water partition coefficient (Wildman–Crippen LogP) is 4.42. The van der Waals surface area contributed by atoms with Crippen LogP contribution < -0.4 is 10.1 Å². The van der Waals surface area contributed by atoms with Crippen LogP contribution in [0.2, 0.25) is 0 Å². The van der Waals surface area contributed by atoms with Gasteiger partial charge in [0.05, 0.1) is 12.2 Å². The molecule has 1 unspecified atom stereocenters. The van der Waals surface area contributed by atoms with E-state index in [2.05, 4.69) is 49.5 Å². The maximum atomic E-state index is 6.12. The molecule has 0 bridgehead atoms. The summed E-state index contributed by atoms with van der Waals surface area (Å²) in [6.45, 7) is 5.22. The first-order valence-corrected chi connectivity index (χ1v) is 7.74. The highest BCUT2D eigenvalue weighted by Gasteiger charge is 2.22. The number of hydrogen-bond acceptors (Lipinski definition) is 3. The molecule has 0 amide bonds. The fourth-order valence-corrected chi connectivity index (χ4v) is 3.33. The van der Waals surface area contributed by atoms with Crippen molar-refractivity contribution in [1.82, 2.24) is 0 Å². The molecule has 3 heteroatoms. The molecule has 0 spiro atoms. The number of nitrogens with one attached hydrogen (secondary N) is 1. The second-order valence-corrected chi connectivity index (χ2v) is 6.03. The van der Waals surface area contributed by atoms with Gasteiger partial charge >= 0.3 is 0 Å². The molecule has 2 aromatic rings. The van der Waals surface area contributed by atoms with Crippen LogP contribution in [0.15, 0.2) is 30.3 Å². The van der Waals surface area contributed by atoms with Gasteiger partial charge in [0.2, 0.25) is 0 Å². The highest BCUT2D eigenvalue weighted by atomic mass is 32.1. The number of aryl methyl sites for hydroxylation is 2. The van der Waals surface area contributed by atoms with E-state index < -0.39 is 0 Å². The SMILES string of the molecule is CCc1ccc2c(c1)NCC(c1ccc(CC)s1)O2. The Hall–Kier alpha value is -1.48. The molecule has 1 atom stereocenters. The van der Waals surface area contributed by atoms with E-state index in [-0.39, 0.29) is 6.10 Å². The molecular formula is C16H19NOS. The van der Waals surface area contributed by atoms with E-state index in [9.17, 15) is 0 Å². The average molecular weight is 273 g/mol. The molecule has 0 fully saturated rings. The van der Waals surface area contributed by atoms with Crippen molar-refractivity contribution < 1.29 is 4.74 Å². The summed E-state index contributed by atoms with van der Waals surface area (Å²) in [5, 5.41) is 3.49. The Bertz CT molecular complexity index is 576. The van der Waals surface area contributed by atoms with Gasteiger partial charge in [0.1, 0.15) is 5.75 Å². The van der Waals surface area contributed by atoms with Crippen LogP contribution in [-0.4, -0.2) is 6.54 Å². The maximum absolute atomic E-state index is 6.12. The highest BCUT2D eigenvalue weighted by molar-refractivity contribution is 7.12. The minimum atomic E-state index is 0.144. The van der Waals surface area contributed by atoms with Crippen LogP contribution in [0.25, 0.3) is 0 Å². The van der Waals surface area contributed by atoms with Crippen molar-refractivity contribution in [3.05, 3.63) is 45.6 Å². The highest BCUT2D eigenvalue weighted by Crippen LogP contribution is 2.36. The number of fused-ring (bicyclic) bond motifs is 1. The molecule has 3 rings (SSSR count). The Kier molecular flexibility index (Phi) is 3.47. The third-order valence-electron chi connectivity index (χ3n) is 3.55. The number of hydrogen-bond donors (Lipinski definition) is 1. The fraction of sp³-hybridized carbons (Fsp3) is 0.375. The minimum absolute atomic E-state index is 0.144. The van der Waals surface area contributed by atoms with Crippen molar-refractivity contribution in [1.29, 1.82) is 0 Å². The molecular weight excluding hydrogens is 254 g/mol. The van der Waals surface area contributed by atoms with Crippen LogP contribution >= 0.6 is 11.3 Å². The summed E-state index contributed by atoms with van der Waals surface area (Å²) in [6, 6.07) is 10.8. The zero-order chi connectivity index (χ0) is 13.2. The van der Waals surface area contributed by atoms with Gasteiger partial charge in [-0.05, 0) is 42.7 Å². The van der Waals surface area contributed by atoms with Crippen molar-refractivity contribution in [3.8, 4) is 5.75 Å². The molecule has 100 valence electrons. The summed E-state index contributed by atoms with van der Waals surface area (Å²) < 4.78 is 6.12. The largest absolute Gasteiger partial charge is 0.481 e. The number of ether oxygens (including phenoxy) is 1. The number of benzene rings is 1. The maximum Gasteiger partial charge on any atom is 0.150 e. The summed E-state index contributed by atoms with van der Waals surface area (Å²) in [5.41, 5.74) is 2.47. The minimum Gasteiger partial charge on any atom is -0.481 e. The average Bonchev–Trinajstić information content (AvgIpc) is 2.95. The van der Waals surface area contributed by atoms with Crippen molar-refractivity contribution in [2.45, 2.75) is 32.8 Å².